The molecule has 0 radical (unpaired) electrons. The number of aliphatic hydroxyl groups is 2. The minimum atomic E-state index is -0.767. The van der Waals surface area contributed by atoms with E-state index < -0.39 is 18.2 Å². The number of aliphatic hydroxyl groups excluding tert-OH is 2. The summed E-state index contributed by atoms with van der Waals surface area (Å²) in [6.07, 6.45) is 10.7. The lowest BCUT2D eigenvalue weighted by Gasteiger charge is -2.18. The highest BCUT2D eigenvalue weighted by Gasteiger charge is 2.39. The van der Waals surface area contributed by atoms with Gasteiger partial charge in [-0.15, -0.1) is 0 Å². The van der Waals surface area contributed by atoms with Gasteiger partial charge in [-0.1, -0.05) is 57.6 Å². The monoisotopic (exact) mass is 354 g/mol. The van der Waals surface area contributed by atoms with Crippen molar-refractivity contribution in [2.45, 2.75) is 89.8 Å². The Balaban J connectivity index is 2.39. The van der Waals surface area contributed by atoms with Gasteiger partial charge in [0.1, 0.15) is 5.78 Å². The average molecular weight is 354 g/mol. The van der Waals surface area contributed by atoms with E-state index in [1.165, 1.54) is 0 Å². The third-order valence-corrected chi connectivity index (χ3v) is 5.05. The summed E-state index contributed by atoms with van der Waals surface area (Å²) in [4.78, 5) is 22.6. The van der Waals surface area contributed by atoms with Crippen LogP contribution in [-0.4, -0.2) is 39.3 Å². The third-order valence-electron chi connectivity index (χ3n) is 5.05. The van der Waals surface area contributed by atoms with E-state index in [9.17, 15) is 19.8 Å². The van der Waals surface area contributed by atoms with Crippen LogP contribution in [-0.2, 0) is 9.59 Å². The molecule has 144 valence electrons. The molecule has 1 aliphatic carbocycles. The smallest absolute Gasteiger partial charge is 0.303 e. The number of Topliss-reactive ketones (excluding diaryl/α,β-unsaturated/α-hetero) is 1. The number of carbonyl (C=O) groups is 2. The maximum atomic E-state index is 12.1. The predicted molar refractivity (Wildman–Crippen MR) is 97.2 cm³/mol. The van der Waals surface area contributed by atoms with Gasteiger partial charge < -0.3 is 15.3 Å². The van der Waals surface area contributed by atoms with Crippen LogP contribution in [0, 0.1) is 11.8 Å². The topological polar surface area (TPSA) is 94.8 Å². The number of hydrogen-bond donors (Lipinski definition) is 3. The summed E-state index contributed by atoms with van der Waals surface area (Å²) in [6.45, 7) is 2.12. The van der Waals surface area contributed by atoms with Crippen molar-refractivity contribution in [2.75, 3.05) is 0 Å². The first-order chi connectivity index (χ1) is 12.0. The highest BCUT2D eigenvalue weighted by atomic mass is 16.4. The number of carbonyl (C=O) groups excluding carboxylic acids is 1. The molecule has 1 saturated carbocycles. The molecule has 5 heteroatoms. The second kappa shape index (κ2) is 12.2. The molecule has 0 bridgehead atoms. The zero-order valence-corrected chi connectivity index (χ0v) is 15.4. The van der Waals surface area contributed by atoms with Gasteiger partial charge in [0.15, 0.2) is 0 Å². The molecule has 1 fully saturated rings. The third kappa shape index (κ3) is 8.63. The number of aliphatic carboxylic acids is 1. The number of rotatable bonds is 13. The van der Waals surface area contributed by atoms with E-state index in [0.717, 1.165) is 51.4 Å². The number of ketones is 1. The first-order valence-corrected chi connectivity index (χ1v) is 9.74. The maximum Gasteiger partial charge on any atom is 0.303 e. The van der Waals surface area contributed by atoms with Crippen LogP contribution in [0.2, 0.25) is 0 Å². The molecule has 0 aromatic rings. The number of carboxylic acid groups (broad SMARTS) is 1. The Morgan fingerprint density at radius 2 is 1.92 bits per heavy atom. The SMILES string of the molecule is CCCCC[C@H](O)/C=C/[C@@H]1C(CCCCCCC(=O)O)C(=O)C[C@H]1O. The molecule has 0 saturated heterocycles. The van der Waals surface area contributed by atoms with Gasteiger partial charge in [0, 0.05) is 24.7 Å². The van der Waals surface area contributed by atoms with E-state index in [-0.39, 0.29) is 30.5 Å². The first-order valence-electron chi connectivity index (χ1n) is 9.74. The molecule has 0 aromatic carbocycles. The Morgan fingerprint density at radius 3 is 2.60 bits per heavy atom. The normalized spacial score (nSPS) is 24.9. The Kier molecular flexibility index (Phi) is 10.7. The Hall–Kier alpha value is -1.20. The summed E-state index contributed by atoms with van der Waals surface area (Å²) < 4.78 is 0. The van der Waals surface area contributed by atoms with Crippen molar-refractivity contribution in [1.82, 2.24) is 0 Å². The zero-order valence-electron chi connectivity index (χ0n) is 15.4. The molecule has 25 heavy (non-hydrogen) atoms. The number of carboxylic acids is 1. The van der Waals surface area contributed by atoms with Crippen molar-refractivity contribution < 1.29 is 24.9 Å². The van der Waals surface area contributed by atoms with Crippen molar-refractivity contribution in [3.8, 4) is 0 Å². The summed E-state index contributed by atoms with van der Waals surface area (Å²) in [7, 11) is 0. The molecule has 5 nitrogen and oxygen atoms in total. The molecule has 4 atom stereocenters. The molecule has 1 rings (SSSR count). The summed E-state index contributed by atoms with van der Waals surface area (Å²) in [6, 6.07) is 0. The van der Waals surface area contributed by atoms with Crippen LogP contribution >= 0.6 is 0 Å². The van der Waals surface area contributed by atoms with Crippen LogP contribution in [0.25, 0.3) is 0 Å². The van der Waals surface area contributed by atoms with Gasteiger partial charge in [-0.05, 0) is 19.3 Å². The van der Waals surface area contributed by atoms with Gasteiger partial charge in [0.25, 0.3) is 0 Å². The Bertz CT molecular complexity index is 432. The molecule has 0 heterocycles. The lowest BCUT2D eigenvalue weighted by Crippen LogP contribution is -2.19. The predicted octanol–water partition coefficient (Wildman–Crippen LogP) is 3.48. The molecule has 3 N–H and O–H groups in total. The van der Waals surface area contributed by atoms with E-state index in [4.69, 9.17) is 5.11 Å². The molecule has 0 spiro atoms. The number of hydrogen-bond acceptors (Lipinski definition) is 4. The van der Waals surface area contributed by atoms with E-state index in [1.807, 2.05) is 6.08 Å². The highest BCUT2D eigenvalue weighted by molar-refractivity contribution is 5.84. The van der Waals surface area contributed by atoms with Crippen molar-refractivity contribution in [3.63, 3.8) is 0 Å². The van der Waals surface area contributed by atoms with Crippen molar-refractivity contribution in [1.29, 1.82) is 0 Å². The highest BCUT2D eigenvalue weighted by Crippen LogP contribution is 2.34. The summed E-state index contributed by atoms with van der Waals surface area (Å²) in [5.41, 5.74) is 0. The van der Waals surface area contributed by atoms with E-state index >= 15 is 0 Å². The van der Waals surface area contributed by atoms with Gasteiger partial charge in [-0.3, -0.25) is 9.59 Å². The van der Waals surface area contributed by atoms with Crippen LogP contribution < -0.4 is 0 Å². The summed E-state index contributed by atoms with van der Waals surface area (Å²) >= 11 is 0. The fraction of sp³-hybridized carbons (Fsp3) is 0.800. The molecule has 0 aliphatic heterocycles. The fourth-order valence-corrected chi connectivity index (χ4v) is 3.54. The van der Waals surface area contributed by atoms with Crippen LogP contribution in [0.4, 0.5) is 0 Å². The lowest BCUT2D eigenvalue weighted by atomic mass is 9.88. The van der Waals surface area contributed by atoms with Gasteiger partial charge >= 0.3 is 5.97 Å². The van der Waals surface area contributed by atoms with E-state index in [0.29, 0.717) is 6.42 Å². The maximum absolute atomic E-state index is 12.1. The standard InChI is InChI=1S/C20H34O5/c1-2-3-6-9-15(21)12-13-17-16(18(22)14-19(17)23)10-7-4-5-8-11-20(24)25/h12-13,15-17,19,21,23H,2-11,14H2,1H3,(H,24,25)/b13-12+/t15-,16?,17+,19+/m0/s1. The van der Waals surface area contributed by atoms with E-state index in [2.05, 4.69) is 6.92 Å². The Morgan fingerprint density at radius 1 is 1.20 bits per heavy atom. The van der Waals surface area contributed by atoms with Crippen molar-refractivity contribution in [2.24, 2.45) is 11.8 Å². The van der Waals surface area contributed by atoms with E-state index in [1.54, 1.807) is 6.08 Å². The fourth-order valence-electron chi connectivity index (χ4n) is 3.54. The average Bonchev–Trinajstić information content (AvgIpc) is 2.82. The van der Waals surface area contributed by atoms with Crippen LogP contribution in [0.15, 0.2) is 12.2 Å². The molecule has 1 unspecified atom stereocenters. The molecule has 0 amide bonds. The second-order valence-electron chi connectivity index (χ2n) is 7.22. The van der Waals surface area contributed by atoms with Gasteiger partial charge in [0.2, 0.25) is 0 Å². The zero-order chi connectivity index (χ0) is 18.7. The van der Waals surface area contributed by atoms with Gasteiger partial charge in [-0.25, -0.2) is 0 Å². The summed E-state index contributed by atoms with van der Waals surface area (Å²) in [5.74, 6) is -1.04. The van der Waals surface area contributed by atoms with Crippen LogP contribution in [0.5, 0.6) is 0 Å². The van der Waals surface area contributed by atoms with Gasteiger partial charge in [0.05, 0.1) is 12.2 Å². The van der Waals surface area contributed by atoms with Crippen molar-refractivity contribution in [3.05, 3.63) is 12.2 Å². The quantitative estimate of drug-likeness (QED) is 0.348. The van der Waals surface area contributed by atoms with Crippen LogP contribution in [0.1, 0.15) is 77.6 Å². The molecular formula is C20H34O5. The first kappa shape index (κ1) is 21.8. The summed E-state index contributed by atoms with van der Waals surface area (Å²) in [5, 5.41) is 28.7. The molecule has 0 aromatic heterocycles. The Labute approximate surface area is 151 Å². The van der Waals surface area contributed by atoms with Gasteiger partial charge in [-0.2, -0.15) is 0 Å². The second-order valence-corrected chi connectivity index (χ2v) is 7.22. The number of unbranched alkanes of at least 4 members (excludes halogenated alkanes) is 5. The molecular weight excluding hydrogens is 320 g/mol. The lowest BCUT2D eigenvalue weighted by molar-refractivity contribution is -0.137. The molecule has 1 aliphatic rings. The van der Waals surface area contributed by atoms with Crippen molar-refractivity contribution >= 4 is 11.8 Å². The van der Waals surface area contributed by atoms with Crippen LogP contribution in [0.3, 0.4) is 0 Å². The largest absolute Gasteiger partial charge is 0.481 e. The minimum Gasteiger partial charge on any atom is -0.481 e. The minimum absolute atomic E-state index is 0.105.